The summed E-state index contributed by atoms with van der Waals surface area (Å²) < 4.78 is 5.22. The topological polar surface area (TPSA) is 82.2 Å². The fourth-order valence-electron chi connectivity index (χ4n) is 4.85. The van der Waals surface area contributed by atoms with Gasteiger partial charge in [0.15, 0.2) is 0 Å². The van der Waals surface area contributed by atoms with E-state index in [0.717, 1.165) is 32.5 Å². The summed E-state index contributed by atoms with van der Waals surface area (Å²) in [6, 6.07) is 6.47. The number of amides is 4. The molecule has 0 unspecified atom stereocenters. The lowest BCUT2D eigenvalue weighted by atomic mass is 9.87. The van der Waals surface area contributed by atoms with Crippen LogP contribution < -0.4 is 10.1 Å². The van der Waals surface area contributed by atoms with E-state index in [1.165, 1.54) is 4.90 Å². The SMILES string of the molecule is CCN1CCC2(CC1)NC(=O)N([C@H]1CCCN(C(=O)c3cccc(OC)c3)C1)C2=O. The first-order valence-electron chi connectivity index (χ1n) is 10.8. The number of nitrogens with one attached hydrogen (secondary N) is 1. The van der Waals surface area contributed by atoms with Crippen LogP contribution in [0.25, 0.3) is 0 Å². The zero-order valence-corrected chi connectivity index (χ0v) is 17.7. The van der Waals surface area contributed by atoms with Crippen molar-refractivity contribution in [3.63, 3.8) is 0 Å². The lowest BCUT2D eigenvalue weighted by molar-refractivity contribution is -0.135. The van der Waals surface area contributed by atoms with Crippen LogP contribution >= 0.6 is 0 Å². The average Bonchev–Trinajstić information content (AvgIpc) is 3.03. The van der Waals surface area contributed by atoms with Crippen molar-refractivity contribution in [1.82, 2.24) is 20.0 Å². The van der Waals surface area contributed by atoms with Crippen LogP contribution in [0.15, 0.2) is 24.3 Å². The van der Waals surface area contributed by atoms with Crippen molar-refractivity contribution in [1.29, 1.82) is 0 Å². The predicted molar refractivity (Wildman–Crippen MR) is 111 cm³/mol. The Kier molecular flexibility index (Phi) is 5.69. The van der Waals surface area contributed by atoms with Gasteiger partial charge >= 0.3 is 6.03 Å². The van der Waals surface area contributed by atoms with E-state index in [9.17, 15) is 14.4 Å². The number of benzene rings is 1. The highest BCUT2D eigenvalue weighted by Crippen LogP contribution is 2.32. The molecule has 30 heavy (non-hydrogen) atoms. The molecule has 1 atom stereocenters. The third-order valence-corrected chi connectivity index (χ3v) is 6.72. The van der Waals surface area contributed by atoms with Crippen LogP contribution in [0.4, 0.5) is 4.79 Å². The second-order valence-corrected chi connectivity index (χ2v) is 8.40. The van der Waals surface area contributed by atoms with E-state index in [4.69, 9.17) is 4.74 Å². The molecule has 1 spiro atoms. The van der Waals surface area contributed by atoms with Crippen LogP contribution in [0.1, 0.15) is 43.0 Å². The van der Waals surface area contributed by atoms with E-state index in [1.807, 2.05) is 0 Å². The van der Waals surface area contributed by atoms with Crippen molar-refractivity contribution in [3.05, 3.63) is 29.8 Å². The van der Waals surface area contributed by atoms with Crippen LogP contribution in [-0.4, -0.2) is 84.0 Å². The van der Waals surface area contributed by atoms with Crippen LogP contribution in [0.2, 0.25) is 0 Å². The third kappa shape index (κ3) is 3.64. The molecule has 0 aromatic heterocycles. The van der Waals surface area contributed by atoms with Gasteiger partial charge in [-0.2, -0.15) is 0 Å². The monoisotopic (exact) mass is 414 g/mol. The number of rotatable bonds is 4. The van der Waals surface area contributed by atoms with Crippen molar-refractivity contribution in [2.24, 2.45) is 0 Å². The van der Waals surface area contributed by atoms with Gasteiger partial charge in [-0.25, -0.2) is 4.79 Å². The number of ether oxygens (including phenoxy) is 1. The lowest BCUT2D eigenvalue weighted by Crippen LogP contribution is -2.56. The Bertz CT molecular complexity index is 834. The molecule has 1 aromatic carbocycles. The molecule has 4 amide bonds. The maximum Gasteiger partial charge on any atom is 0.325 e. The smallest absolute Gasteiger partial charge is 0.325 e. The van der Waals surface area contributed by atoms with Crippen molar-refractivity contribution in [3.8, 4) is 5.75 Å². The molecule has 3 heterocycles. The molecule has 1 aromatic rings. The first kappa shape index (κ1) is 20.7. The molecule has 162 valence electrons. The number of carbonyl (C=O) groups is 3. The Labute approximate surface area is 177 Å². The Morgan fingerprint density at radius 1 is 1.23 bits per heavy atom. The van der Waals surface area contributed by atoms with Gasteiger partial charge in [-0.15, -0.1) is 0 Å². The highest BCUT2D eigenvalue weighted by Gasteiger charge is 2.54. The summed E-state index contributed by atoms with van der Waals surface area (Å²) in [5.74, 6) is 0.407. The fourth-order valence-corrected chi connectivity index (χ4v) is 4.85. The van der Waals surface area contributed by atoms with Gasteiger partial charge in [0.05, 0.1) is 13.2 Å². The molecule has 3 aliphatic heterocycles. The highest BCUT2D eigenvalue weighted by atomic mass is 16.5. The Morgan fingerprint density at radius 3 is 2.70 bits per heavy atom. The maximum atomic E-state index is 13.3. The van der Waals surface area contributed by atoms with E-state index in [0.29, 0.717) is 37.2 Å². The second-order valence-electron chi connectivity index (χ2n) is 8.40. The molecule has 0 bridgehead atoms. The molecular weight excluding hydrogens is 384 g/mol. The van der Waals surface area contributed by atoms with Gasteiger partial charge in [0, 0.05) is 31.7 Å². The zero-order chi connectivity index (χ0) is 21.3. The lowest BCUT2D eigenvalue weighted by Gasteiger charge is -2.39. The van der Waals surface area contributed by atoms with Crippen LogP contribution in [0.3, 0.4) is 0 Å². The maximum absolute atomic E-state index is 13.3. The number of piperidine rings is 2. The zero-order valence-electron chi connectivity index (χ0n) is 17.7. The van der Waals surface area contributed by atoms with Crippen molar-refractivity contribution >= 4 is 17.8 Å². The summed E-state index contributed by atoms with van der Waals surface area (Å²) >= 11 is 0. The van der Waals surface area contributed by atoms with Gasteiger partial charge in [-0.05, 0) is 50.4 Å². The number of carbonyl (C=O) groups excluding carboxylic acids is 3. The van der Waals surface area contributed by atoms with Gasteiger partial charge in [-0.3, -0.25) is 14.5 Å². The van der Waals surface area contributed by atoms with E-state index >= 15 is 0 Å². The summed E-state index contributed by atoms with van der Waals surface area (Å²) in [5.41, 5.74) is -0.224. The van der Waals surface area contributed by atoms with E-state index in [-0.39, 0.29) is 23.9 Å². The number of hydrogen-bond acceptors (Lipinski definition) is 5. The van der Waals surface area contributed by atoms with E-state index in [1.54, 1.807) is 36.3 Å². The third-order valence-electron chi connectivity index (χ3n) is 6.72. The molecule has 0 aliphatic carbocycles. The Hall–Kier alpha value is -2.61. The predicted octanol–water partition coefficient (Wildman–Crippen LogP) is 1.71. The molecule has 0 radical (unpaired) electrons. The minimum absolute atomic E-state index is 0.100. The normalized spacial score (nSPS) is 24.3. The van der Waals surface area contributed by atoms with Crippen molar-refractivity contribution < 1.29 is 19.1 Å². The standard InChI is InChI=1S/C22H30N4O4/c1-3-24-12-9-22(10-13-24)20(28)26(21(29)23-22)17-7-5-11-25(15-17)19(27)16-6-4-8-18(14-16)30-2/h4,6,8,14,17H,3,5,7,9-13,15H2,1-2H3,(H,23,29)/t17-/m0/s1. The molecule has 3 aliphatic rings. The summed E-state index contributed by atoms with van der Waals surface area (Å²) in [4.78, 5) is 44.6. The molecular formula is C22H30N4O4. The quantitative estimate of drug-likeness (QED) is 0.759. The molecule has 3 fully saturated rings. The molecule has 8 nitrogen and oxygen atoms in total. The summed E-state index contributed by atoms with van der Waals surface area (Å²) in [6.07, 6.45) is 2.76. The largest absolute Gasteiger partial charge is 0.497 e. The first-order chi connectivity index (χ1) is 14.5. The first-order valence-corrected chi connectivity index (χ1v) is 10.8. The molecule has 1 N–H and O–H groups in total. The van der Waals surface area contributed by atoms with Crippen LogP contribution in [-0.2, 0) is 4.79 Å². The highest BCUT2D eigenvalue weighted by molar-refractivity contribution is 6.07. The van der Waals surface area contributed by atoms with Crippen molar-refractivity contribution in [2.45, 2.75) is 44.2 Å². The van der Waals surface area contributed by atoms with Crippen LogP contribution in [0, 0.1) is 0 Å². The molecule has 0 saturated carbocycles. The fraction of sp³-hybridized carbons (Fsp3) is 0.591. The van der Waals surface area contributed by atoms with Crippen LogP contribution in [0.5, 0.6) is 5.75 Å². The van der Waals surface area contributed by atoms with Gasteiger partial charge in [0.2, 0.25) is 0 Å². The molecule has 4 rings (SSSR count). The minimum atomic E-state index is -0.776. The second kappa shape index (κ2) is 8.26. The molecule has 3 saturated heterocycles. The summed E-state index contributed by atoms with van der Waals surface area (Å²) in [6.45, 7) is 5.66. The Morgan fingerprint density at radius 2 is 2.00 bits per heavy atom. The number of methoxy groups -OCH3 is 1. The van der Waals surface area contributed by atoms with Gasteiger partial charge in [-0.1, -0.05) is 13.0 Å². The Balaban J connectivity index is 1.47. The van der Waals surface area contributed by atoms with Gasteiger partial charge in [0.25, 0.3) is 11.8 Å². The summed E-state index contributed by atoms with van der Waals surface area (Å²) in [7, 11) is 1.57. The van der Waals surface area contributed by atoms with E-state index in [2.05, 4.69) is 17.1 Å². The van der Waals surface area contributed by atoms with Gasteiger partial charge in [0.1, 0.15) is 11.3 Å². The van der Waals surface area contributed by atoms with Gasteiger partial charge < -0.3 is 19.9 Å². The van der Waals surface area contributed by atoms with Crippen molar-refractivity contribution in [2.75, 3.05) is 39.8 Å². The molecule has 8 heteroatoms. The number of hydrogen-bond donors (Lipinski definition) is 1. The number of urea groups is 1. The minimum Gasteiger partial charge on any atom is -0.497 e. The average molecular weight is 415 g/mol. The number of nitrogens with zero attached hydrogens (tertiary/aromatic N) is 3. The number of likely N-dealkylation sites (tertiary alicyclic amines) is 2. The van der Waals surface area contributed by atoms with E-state index < -0.39 is 5.54 Å². The summed E-state index contributed by atoms with van der Waals surface area (Å²) in [5, 5.41) is 2.99. The number of imide groups is 1.